The number of nitrogens with one attached hydrogen (secondary N) is 1. The van der Waals surface area contributed by atoms with Gasteiger partial charge in [-0.2, -0.15) is 4.31 Å². The van der Waals surface area contributed by atoms with E-state index < -0.39 is 15.6 Å². The standard InChI is InChI=1S/C13H18ClN3O3S/c14-12-7-11(8-15-13(12)18)21(19,20)17-6-5-16-4-2-1-3-10(16)9-17/h7-8,10H,1-6,9H2,(H,15,18). The van der Waals surface area contributed by atoms with E-state index in [0.29, 0.717) is 19.1 Å². The lowest BCUT2D eigenvalue weighted by Gasteiger charge is -2.43. The summed E-state index contributed by atoms with van der Waals surface area (Å²) in [5.74, 6) is 0. The van der Waals surface area contributed by atoms with Crippen LogP contribution in [0.5, 0.6) is 0 Å². The molecule has 0 aromatic carbocycles. The van der Waals surface area contributed by atoms with Crippen molar-refractivity contribution in [1.82, 2.24) is 14.2 Å². The molecule has 2 aliphatic rings. The summed E-state index contributed by atoms with van der Waals surface area (Å²) in [4.78, 5) is 16.0. The van der Waals surface area contributed by atoms with Crippen LogP contribution in [-0.4, -0.2) is 54.8 Å². The number of halogens is 1. The highest BCUT2D eigenvalue weighted by atomic mass is 35.5. The first kappa shape index (κ1) is 15.0. The number of pyridine rings is 1. The molecule has 2 aliphatic heterocycles. The highest BCUT2D eigenvalue weighted by Gasteiger charge is 2.35. The molecule has 0 saturated carbocycles. The van der Waals surface area contributed by atoms with E-state index in [9.17, 15) is 13.2 Å². The third-order valence-corrected chi connectivity index (χ3v) is 6.39. The van der Waals surface area contributed by atoms with Crippen LogP contribution in [-0.2, 0) is 10.0 Å². The SMILES string of the molecule is O=c1[nH]cc(S(=O)(=O)N2CCN3CCCCC3C2)cc1Cl. The second kappa shape index (κ2) is 5.72. The molecule has 21 heavy (non-hydrogen) atoms. The van der Waals surface area contributed by atoms with Crippen LogP contribution < -0.4 is 5.56 Å². The van der Waals surface area contributed by atoms with Gasteiger partial charge in [0.1, 0.15) is 5.02 Å². The highest BCUT2D eigenvalue weighted by Crippen LogP contribution is 2.25. The van der Waals surface area contributed by atoms with Crippen LogP contribution >= 0.6 is 11.6 Å². The Morgan fingerprint density at radius 1 is 1.24 bits per heavy atom. The third-order valence-electron chi connectivity index (χ3n) is 4.27. The van der Waals surface area contributed by atoms with Gasteiger partial charge in [0, 0.05) is 31.9 Å². The molecule has 1 aromatic heterocycles. The molecule has 1 unspecified atom stereocenters. The second-order valence-electron chi connectivity index (χ2n) is 5.56. The third kappa shape index (κ3) is 2.88. The van der Waals surface area contributed by atoms with Gasteiger partial charge in [0.05, 0.1) is 4.90 Å². The molecule has 8 heteroatoms. The van der Waals surface area contributed by atoms with E-state index >= 15 is 0 Å². The lowest BCUT2D eigenvalue weighted by molar-refractivity contribution is 0.0851. The van der Waals surface area contributed by atoms with E-state index in [0.717, 1.165) is 25.9 Å². The molecule has 0 radical (unpaired) electrons. The Morgan fingerprint density at radius 2 is 2.05 bits per heavy atom. The van der Waals surface area contributed by atoms with Crippen LogP contribution in [0, 0.1) is 0 Å². The number of H-pyrrole nitrogens is 1. The minimum Gasteiger partial charge on any atom is -0.326 e. The largest absolute Gasteiger partial charge is 0.326 e. The van der Waals surface area contributed by atoms with Gasteiger partial charge in [0.2, 0.25) is 10.0 Å². The quantitative estimate of drug-likeness (QED) is 0.873. The zero-order valence-corrected chi connectivity index (χ0v) is 13.2. The first-order valence-corrected chi connectivity index (χ1v) is 8.93. The van der Waals surface area contributed by atoms with Crippen LogP contribution in [0.4, 0.5) is 0 Å². The van der Waals surface area contributed by atoms with E-state index in [1.165, 1.54) is 23.0 Å². The van der Waals surface area contributed by atoms with Gasteiger partial charge < -0.3 is 4.98 Å². The van der Waals surface area contributed by atoms with Crippen molar-refractivity contribution < 1.29 is 8.42 Å². The predicted molar refractivity (Wildman–Crippen MR) is 80.0 cm³/mol. The molecule has 2 fully saturated rings. The van der Waals surface area contributed by atoms with Gasteiger partial charge in [-0.15, -0.1) is 0 Å². The number of nitrogens with zero attached hydrogens (tertiary/aromatic N) is 2. The molecule has 3 heterocycles. The maximum atomic E-state index is 12.7. The van der Waals surface area contributed by atoms with Crippen LogP contribution in [0.1, 0.15) is 19.3 Å². The number of aromatic nitrogens is 1. The maximum Gasteiger partial charge on any atom is 0.266 e. The molecule has 0 spiro atoms. The number of aromatic amines is 1. The van der Waals surface area contributed by atoms with E-state index in [-0.39, 0.29) is 9.92 Å². The Kier molecular flexibility index (Phi) is 4.09. The summed E-state index contributed by atoms with van der Waals surface area (Å²) in [6.45, 7) is 2.82. The van der Waals surface area contributed by atoms with Crippen molar-refractivity contribution in [2.24, 2.45) is 0 Å². The van der Waals surface area contributed by atoms with E-state index in [1.54, 1.807) is 0 Å². The Morgan fingerprint density at radius 3 is 2.81 bits per heavy atom. The van der Waals surface area contributed by atoms with Gasteiger partial charge >= 0.3 is 0 Å². The average Bonchev–Trinajstić information content (AvgIpc) is 2.49. The lowest BCUT2D eigenvalue weighted by atomic mass is 10.0. The van der Waals surface area contributed by atoms with Gasteiger partial charge in [0.15, 0.2) is 0 Å². The summed E-state index contributed by atoms with van der Waals surface area (Å²) in [6.07, 6.45) is 4.60. The zero-order chi connectivity index (χ0) is 15.0. The van der Waals surface area contributed by atoms with E-state index in [4.69, 9.17) is 11.6 Å². The number of hydrogen-bond donors (Lipinski definition) is 1. The average molecular weight is 332 g/mol. The molecule has 3 rings (SSSR count). The number of piperidine rings is 1. The molecule has 6 nitrogen and oxygen atoms in total. The number of fused-ring (bicyclic) bond motifs is 1. The van der Waals surface area contributed by atoms with Crippen LogP contribution in [0.15, 0.2) is 22.0 Å². The van der Waals surface area contributed by atoms with Gasteiger partial charge in [0.25, 0.3) is 5.56 Å². The monoisotopic (exact) mass is 331 g/mol. The van der Waals surface area contributed by atoms with Crippen LogP contribution in [0.25, 0.3) is 0 Å². The molecule has 0 amide bonds. The molecular weight excluding hydrogens is 314 g/mol. The Labute approximate surface area is 128 Å². The minimum atomic E-state index is -3.60. The van der Waals surface area contributed by atoms with Crippen molar-refractivity contribution in [2.75, 3.05) is 26.2 Å². The lowest BCUT2D eigenvalue weighted by Crippen LogP contribution is -2.56. The fourth-order valence-electron chi connectivity index (χ4n) is 3.08. The predicted octanol–water partition coefficient (Wildman–Crippen LogP) is 0.887. The zero-order valence-electron chi connectivity index (χ0n) is 11.6. The molecule has 1 aromatic rings. The minimum absolute atomic E-state index is 0.0522. The highest BCUT2D eigenvalue weighted by molar-refractivity contribution is 7.89. The second-order valence-corrected chi connectivity index (χ2v) is 7.91. The molecule has 0 aliphatic carbocycles. The number of rotatable bonds is 2. The van der Waals surface area contributed by atoms with Gasteiger partial charge in [-0.25, -0.2) is 8.42 Å². The first-order chi connectivity index (χ1) is 9.98. The summed E-state index contributed by atoms with van der Waals surface area (Å²) in [7, 11) is -3.60. The molecule has 0 bridgehead atoms. The topological polar surface area (TPSA) is 73.5 Å². The Balaban J connectivity index is 1.84. The summed E-state index contributed by atoms with van der Waals surface area (Å²) in [6, 6.07) is 1.53. The summed E-state index contributed by atoms with van der Waals surface area (Å²) >= 11 is 5.73. The normalized spacial score (nSPS) is 24.7. The van der Waals surface area contributed by atoms with Crippen molar-refractivity contribution in [2.45, 2.75) is 30.2 Å². The van der Waals surface area contributed by atoms with Gasteiger partial charge in [-0.3, -0.25) is 9.69 Å². The Bertz CT molecular complexity index is 688. The summed E-state index contributed by atoms with van der Waals surface area (Å²) in [5, 5.41) is -0.104. The smallest absolute Gasteiger partial charge is 0.266 e. The van der Waals surface area contributed by atoms with Crippen LogP contribution in [0.2, 0.25) is 5.02 Å². The maximum absolute atomic E-state index is 12.7. The van der Waals surface area contributed by atoms with Crippen molar-refractivity contribution in [3.63, 3.8) is 0 Å². The van der Waals surface area contributed by atoms with Crippen LogP contribution in [0.3, 0.4) is 0 Å². The summed E-state index contributed by atoms with van der Waals surface area (Å²) in [5.41, 5.74) is -0.479. The van der Waals surface area contributed by atoms with E-state index in [1.807, 2.05) is 0 Å². The molecule has 116 valence electrons. The first-order valence-electron chi connectivity index (χ1n) is 7.11. The van der Waals surface area contributed by atoms with Crippen molar-refractivity contribution in [1.29, 1.82) is 0 Å². The van der Waals surface area contributed by atoms with Crippen molar-refractivity contribution in [3.05, 3.63) is 27.6 Å². The molecule has 1 atom stereocenters. The number of hydrogen-bond acceptors (Lipinski definition) is 4. The van der Waals surface area contributed by atoms with E-state index in [2.05, 4.69) is 9.88 Å². The fraction of sp³-hybridized carbons (Fsp3) is 0.615. The molecule has 2 saturated heterocycles. The molecular formula is C13H18ClN3O3S. The fourth-order valence-corrected chi connectivity index (χ4v) is 4.78. The van der Waals surface area contributed by atoms with Crippen molar-refractivity contribution in [3.8, 4) is 0 Å². The van der Waals surface area contributed by atoms with Gasteiger partial charge in [-0.05, 0) is 25.5 Å². The van der Waals surface area contributed by atoms with Gasteiger partial charge in [-0.1, -0.05) is 18.0 Å². The number of piperazine rings is 1. The molecule has 1 N–H and O–H groups in total. The summed E-state index contributed by atoms with van der Waals surface area (Å²) < 4.78 is 26.8. The van der Waals surface area contributed by atoms with Crippen molar-refractivity contribution >= 4 is 21.6 Å². The Hall–Kier alpha value is -0.890. The number of sulfonamides is 1.